The van der Waals surface area contributed by atoms with Gasteiger partial charge in [0.1, 0.15) is 0 Å². The molecule has 0 fully saturated rings. The van der Waals surface area contributed by atoms with Crippen LogP contribution in [-0.2, 0) is 0 Å². The van der Waals surface area contributed by atoms with Crippen LogP contribution in [0.5, 0.6) is 0 Å². The number of H-pyrrole nitrogens is 1. The van der Waals surface area contributed by atoms with Crippen LogP contribution >= 0.6 is 12.2 Å². The molecule has 3 nitrogen and oxygen atoms in total. The molecular formula is C11H13N3S. The maximum absolute atomic E-state index is 5.24. The van der Waals surface area contributed by atoms with E-state index in [1.54, 1.807) is 12.4 Å². The zero-order valence-corrected chi connectivity index (χ0v) is 9.58. The smallest absolute Gasteiger partial charge is 0.177 e. The van der Waals surface area contributed by atoms with Gasteiger partial charge in [-0.2, -0.15) is 0 Å². The van der Waals surface area contributed by atoms with Crippen LogP contribution in [0.1, 0.15) is 24.2 Å². The zero-order chi connectivity index (χ0) is 10.8. The molecule has 2 rings (SSSR count). The molecule has 0 aliphatic heterocycles. The highest BCUT2D eigenvalue weighted by Gasteiger charge is 2.08. The molecule has 0 radical (unpaired) electrons. The summed E-state index contributed by atoms with van der Waals surface area (Å²) in [4.78, 5) is 7.13. The van der Waals surface area contributed by atoms with Crippen molar-refractivity contribution in [3.63, 3.8) is 0 Å². The second kappa shape index (κ2) is 3.98. The fourth-order valence-electron chi connectivity index (χ4n) is 1.62. The molecule has 4 heteroatoms. The Labute approximate surface area is 93.8 Å². The van der Waals surface area contributed by atoms with Crippen molar-refractivity contribution in [1.29, 1.82) is 0 Å². The molecule has 2 aromatic rings. The summed E-state index contributed by atoms with van der Waals surface area (Å²) in [5.41, 5.74) is 2.29. The first-order valence-electron chi connectivity index (χ1n) is 4.86. The summed E-state index contributed by atoms with van der Waals surface area (Å²) in [5, 5.41) is 0. The fourth-order valence-corrected chi connectivity index (χ4v) is 1.99. The normalized spacial score (nSPS) is 12.7. The van der Waals surface area contributed by atoms with Gasteiger partial charge >= 0.3 is 0 Å². The molecule has 0 saturated carbocycles. The number of hydrogen-bond donors (Lipinski definition) is 1. The summed E-state index contributed by atoms with van der Waals surface area (Å²) >= 11 is 5.24. The van der Waals surface area contributed by atoms with Gasteiger partial charge in [-0.15, -0.1) is 0 Å². The average Bonchev–Trinajstić information content (AvgIpc) is 2.58. The molecule has 2 aromatic heterocycles. The van der Waals surface area contributed by atoms with Gasteiger partial charge in [-0.25, -0.2) is 0 Å². The molecule has 1 N–H and O–H groups in total. The predicted molar refractivity (Wildman–Crippen MR) is 62.4 cm³/mol. The number of rotatable bonds is 2. The van der Waals surface area contributed by atoms with E-state index in [-0.39, 0.29) is 6.04 Å². The molecule has 0 spiro atoms. The number of nitrogens with one attached hydrogen (secondary N) is 1. The molecule has 1 unspecified atom stereocenters. The molecular weight excluding hydrogens is 206 g/mol. The molecule has 15 heavy (non-hydrogen) atoms. The van der Waals surface area contributed by atoms with Crippen LogP contribution in [0, 0.1) is 11.7 Å². The largest absolute Gasteiger partial charge is 0.335 e. The van der Waals surface area contributed by atoms with E-state index in [2.05, 4.69) is 21.5 Å². The maximum Gasteiger partial charge on any atom is 0.177 e. The van der Waals surface area contributed by atoms with E-state index in [4.69, 9.17) is 12.2 Å². The number of aromatic nitrogens is 3. The van der Waals surface area contributed by atoms with Crippen molar-refractivity contribution in [2.45, 2.75) is 19.9 Å². The van der Waals surface area contributed by atoms with Crippen molar-refractivity contribution in [2.24, 2.45) is 0 Å². The van der Waals surface area contributed by atoms with Crippen LogP contribution in [0.4, 0.5) is 0 Å². The second-order valence-electron chi connectivity index (χ2n) is 3.61. The van der Waals surface area contributed by atoms with E-state index in [1.165, 1.54) is 5.56 Å². The van der Waals surface area contributed by atoms with Gasteiger partial charge < -0.3 is 9.55 Å². The summed E-state index contributed by atoms with van der Waals surface area (Å²) in [6.45, 7) is 4.13. The third kappa shape index (κ3) is 1.99. The number of imidazole rings is 1. The lowest BCUT2D eigenvalue weighted by atomic mass is 10.1. The highest BCUT2D eigenvalue weighted by molar-refractivity contribution is 7.71. The highest BCUT2D eigenvalue weighted by atomic mass is 32.1. The van der Waals surface area contributed by atoms with E-state index in [0.29, 0.717) is 0 Å². The van der Waals surface area contributed by atoms with E-state index in [1.807, 2.05) is 25.3 Å². The number of aryl methyl sites for hydroxylation is 1. The maximum atomic E-state index is 5.24. The molecule has 0 amide bonds. The summed E-state index contributed by atoms with van der Waals surface area (Å²) < 4.78 is 2.82. The van der Waals surface area contributed by atoms with E-state index in [0.717, 1.165) is 10.5 Å². The summed E-state index contributed by atoms with van der Waals surface area (Å²) in [7, 11) is 0. The molecule has 0 saturated heterocycles. The van der Waals surface area contributed by atoms with Crippen LogP contribution in [0.15, 0.2) is 30.7 Å². The Kier molecular flexibility index (Phi) is 2.68. The van der Waals surface area contributed by atoms with E-state index < -0.39 is 0 Å². The monoisotopic (exact) mass is 219 g/mol. The Hall–Kier alpha value is -1.42. The minimum atomic E-state index is 0.241. The number of nitrogens with zero attached hydrogens (tertiary/aromatic N) is 2. The third-order valence-corrected chi connectivity index (χ3v) is 2.79. The predicted octanol–water partition coefficient (Wildman–Crippen LogP) is 2.86. The van der Waals surface area contributed by atoms with Crippen LogP contribution in [0.3, 0.4) is 0 Å². The molecule has 2 heterocycles. The Balaban J connectivity index is 2.41. The van der Waals surface area contributed by atoms with E-state index >= 15 is 0 Å². The van der Waals surface area contributed by atoms with Gasteiger partial charge in [0.15, 0.2) is 4.77 Å². The van der Waals surface area contributed by atoms with Gasteiger partial charge in [0.2, 0.25) is 0 Å². The fraction of sp³-hybridized carbons (Fsp3) is 0.273. The first-order chi connectivity index (χ1) is 7.18. The molecule has 1 atom stereocenters. The molecule has 78 valence electrons. The van der Waals surface area contributed by atoms with Crippen molar-refractivity contribution in [3.05, 3.63) is 46.8 Å². The summed E-state index contributed by atoms with van der Waals surface area (Å²) in [6.07, 6.45) is 5.64. The molecule has 0 bridgehead atoms. The highest BCUT2D eigenvalue weighted by Crippen LogP contribution is 2.17. The van der Waals surface area contributed by atoms with E-state index in [9.17, 15) is 0 Å². The number of hydrogen-bond acceptors (Lipinski definition) is 2. The molecule has 0 aliphatic rings. The minimum absolute atomic E-state index is 0.241. The quantitative estimate of drug-likeness (QED) is 0.788. The Bertz CT molecular complexity index is 498. The SMILES string of the molecule is Cc1cn(C(C)c2ccncc2)c(=S)[nH]1. The van der Waals surface area contributed by atoms with Crippen LogP contribution < -0.4 is 0 Å². The molecule has 0 aliphatic carbocycles. The topological polar surface area (TPSA) is 33.6 Å². The standard InChI is InChI=1S/C11H13N3S/c1-8-7-14(11(15)13-8)9(2)10-3-5-12-6-4-10/h3-7,9H,1-2H3,(H,13,15). The van der Waals surface area contributed by atoms with Gasteiger partial charge in [0.25, 0.3) is 0 Å². The van der Waals surface area contributed by atoms with Crippen molar-refractivity contribution < 1.29 is 0 Å². The first-order valence-corrected chi connectivity index (χ1v) is 5.27. The van der Waals surface area contributed by atoms with Crippen molar-refractivity contribution in [1.82, 2.24) is 14.5 Å². The van der Waals surface area contributed by atoms with Crippen LogP contribution in [0.2, 0.25) is 0 Å². The lowest BCUT2D eigenvalue weighted by molar-refractivity contribution is 0.629. The van der Waals surface area contributed by atoms with Gasteiger partial charge in [0.05, 0.1) is 6.04 Å². The van der Waals surface area contributed by atoms with Gasteiger partial charge in [-0.05, 0) is 43.8 Å². The lowest BCUT2D eigenvalue weighted by Crippen LogP contribution is -2.05. The Morgan fingerprint density at radius 3 is 2.60 bits per heavy atom. The van der Waals surface area contributed by atoms with Gasteiger partial charge in [-0.1, -0.05) is 0 Å². The second-order valence-corrected chi connectivity index (χ2v) is 3.99. The Morgan fingerprint density at radius 2 is 2.07 bits per heavy atom. The van der Waals surface area contributed by atoms with Crippen LogP contribution in [0.25, 0.3) is 0 Å². The van der Waals surface area contributed by atoms with Gasteiger partial charge in [0, 0.05) is 24.3 Å². The first kappa shape index (κ1) is 10.1. The number of pyridine rings is 1. The third-order valence-electron chi connectivity index (χ3n) is 2.48. The van der Waals surface area contributed by atoms with Gasteiger partial charge in [-0.3, -0.25) is 4.98 Å². The lowest BCUT2D eigenvalue weighted by Gasteiger charge is -2.12. The summed E-state index contributed by atoms with van der Waals surface area (Å²) in [5.74, 6) is 0. The van der Waals surface area contributed by atoms with Crippen molar-refractivity contribution >= 4 is 12.2 Å². The number of aromatic amines is 1. The summed E-state index contributed by atoms with van der Waals surface area (Å²) in [6, 6.07) is 4.26. The van der Waals surface area contributed by atoms with Crippen molar-refractivity contribution in [3.8, 4) is 0 Å². The molecule has 0 aromatic carbocycles. The van der Waals surface area contributed by atoms with Crippen molar-refractivity contribution in [2.75, 3.05) is 0 Å². The average molecular weight is 219 g/mol. The minimum Gasteiger partial charge on any atom is -0.335 e. The zero-order valence-electron chi connectivity index (χ0n) is 8.77. The van der Waals surface area contributed by atoms with Crippen LogP contribution in [-0.4, -0.2) is 14.5 Å². The Morgan fingerprint density at radius 1 is 1.40 bits per heavy atom.